The summed E-state index contributed by atoms with van der Waals surface area (Å²) in [6, 6.07) is 1.74. The van der Waals surface area contributed by atoms with E-state index >= 15 is 0 Å². The summed E-state index contributed by atoms with van der Waals surface area (Å²) in [4.78, 5) is 6.12. The maximum Gasteiger partial charge on any atom is 0.125 e. The Balaban J connectivity index is 2.25. The highest BCUT2D eigenvalue weighted by atomic mass is 16.3. The smallest absolute Gasteiger partial charge is 0.125 e. The summed E-state index contributed by atoms with van der Waals surface area (Å²) < 4.78 is 0. The van der Waals surface area contributed by atoms with Gasteiger partial charge in [-0.05, 0) is 18.4 Å². The Kier molecular flexibility index (Phi) is 3.28. The van der Waals surface area contributed by atoms with Crippen molar-refractivity contribution in [3.8, 4) is 0 Å². The molecule has 2 unspecified atom stereocenters. The van der Waals surface area contributed by atoms with Gasteiger partial charge in [-0.2, -0.15) is 0 Å². The molecule has 1 aromatic rings. The first-order chi connectivity index (χ1) is 8.09. The molecule has 2 heterocycles. The Labute approximate surface area is 101 Å². The van der Waals surface area contributed by atoms with Gasteiger partial charge in [0, 0.05) is 24.8 Å². The largest absolute Gasteiger partial charge is 0.391 e. The Morgan fingerprint density at radius 3 is 3.06 bits per heavy atom. The molecule has 0 amide bonds. The van der Waals surface area contributed by atoms with Gasteiger partial charge in [-0.25, -0.2) is 0 Å². The number of rotatable bonds is 2. The maximum atomic E-state index is 9.89. The number of anilines is 1. The fourth-order valence-corrected chi connectivity index (χ4v) is 2.13. The second-order valence-corrected chi connectivity index (χ2v) is 4.59. The van der Waals surface area contributed by atoms with E-state index in [0.717, 1.165) is 18.7 Å². The van der Waals surface area contributed by atoms with E-state index in [0.29, 0.717) is 18.0 Å². The molecule has 1 saturated heterocycles. The second kappa shape index (κ2) is 4.71. The van der Waals surface area contributed by atoms with Crippen molar-refractivity contribution in [2.24, 2.45) is 11.7 Å². The molecule has 1 aliphatic heterocycles. The van der Waals surface area contributed by atoms with Crippen LogP contribution in [-0.4, -0.2) is 35.1 Å². The lowest BCUT2D eigenvalue weighted by molar-refractivity contribution is 0.103. The summed E-state index contributed by atoms with van der Waals surface area (Å²) in [7, 11) is 0. The first kappa shape index (κ1) is 11.9. The molecule has 5 heteroatoms. The van der Waals surface area contributed by atoms with Gasteiger partial charge < -0.3 is 15.7 Å². The molecule has 1 fully saturated rings. The number of hydrogen-bond donors (Lipinski definition) is 3. The zero-order valence-electron chi connectivity index (χ0n) is 9.93. The van der Waals surface area contributed by atoms with E-state index in [4.69, 9.17) is 11.1 Å². The zero-order chi connectivity index (χ0) is 12.4. The van der Waals surface area contributed by atoms with E-state index in [2.05, 4.69) is 16.8 Å². The number of pyridine rings is 1. The molecule has 17 heavy (non-hydrogen) atoms. The van der Waals surface area contributed by atoms with E-state index < -0.39 is 0 Å². The van der Waals surface area contributed by atoms with Gasteiger partial charge in [-0.15, -0.1) is 0 Å². The number of nitrogens with two attached hydrogens (primary N) is 1. The number of piperidine rings is 1. The number of aliphatic hydroxyl groups excluding tert-OH is 1. The lowest BCUT2D eigenvalue weighted by Crippen LogP contribution is -2.43. The molecular weight excluding hydrogens is 216 g/mol. The molecule has 0 spiro atoms. The minimum atomic E-state index is -0.330. The predicted molar refractivity (Wildman–Crippen MR) is 67.3 cm³/mol. The van der Waals surface area contributed by atoms with Crippen molar-refractivity contribution in [1.82, 2.24) is 4.98 Å². The van der Waals surface area contributed by atoms with Crippen molar-refractivity contribution in [3.05, 3.63) is 24.0 Å². The molecule has 2 rings (SSSR count). The summed E-state index contributed by atoms with van der Waals surface area (Å²) in [5.41, 5.74) is 7.07. The molecule has 0 aromatic carbocycles. The average Bonchev–Trinajstić information content (AvgIpc) is 2.32. The highest BCUT2D eigenvalue weighted by Gasteiger charge is 2.25. The Bertz CT molecular complexity index is 421. The van der Waals surface area contributed by atoms with Crippen LogP contribution in [0.25, 0.3) is 0 Å². The quantitative estimate of drug-likeness (QED) is 0.516. The first-order valence-electron chi connectivity index (χ1n) is 5.81. The van der Waals surface area contributed by atoms with E-state index in [1.807, 2.05) is 0 Å². The van der Waals surface area contributed by atoms with E-state index in [-0.39, 0.29) is 11.9 Å². The van der Waals surface area contributed by atoms with Crippen molar-refractivity contribution >= 4 is 11.5 Å². The fraction of sp³-hybridized carbons (Fsp3) is 0.500. The average molecular weight is 234 g/mol. The number of nitrogens with one attached hydrogen (secondary N) is 1. The predicted octanol–water partition coefficient (Wildman–Crippen LogP) is 0.573. The molecule has 0 saturated carbocycles. The molecule has 1 aliphatic rings. The van der Waals surface area contributed by atoms with E-state index in [9.17, 15) is 5.11 Å². The number of aromatic nitrogens is 1. The van der Waals surface area contributed by atoms with Gasteiger partial charge in [0.25, 0.3) is 0 Å². The van der Waals surface area contributed by atoms with Gasteiger partial charge in [0.2, 0.25) is 0 Å². The molecular formula is C12H18N4O. The molecule has 2 atom stereocenters. The summed E-state index contributed by atoms with van der Waals surface area (Å²) >= 11 is 0. The highest BCUT2D eigenvalue weighted by molar-refractivity contribution is 6.00. The lowest BCUT2D eigenvalue weighted by Gasteiger charge is -2.36. The van der Waals surface area contributed by atoms with Crippen LogP contribution in [0.2, 0.25) is 0 Å². The van der Waals surface area contributed by atoms with Crippen LogP contribution in [0.5, 0.6) is 0 Å². The summed E-state index contributed by atoms with van der Waals surface area (Å²) in [5, 5.41) is 17.4. The zero-order valence-corrected chi connectivity index (χ0v) is 9.93. The lowest BCUT2D eigenvalue weighted by atomic mass is 9.95. The molecule has 0 aliphatic carbocycles. The SMILES string of the molecule is CC1CCN(c2cnccc2C(=N)N)CC1O. The van der Waals surface area contributed by atoms with E-state index in [1.165, 1.54) is 0 Å². The van der Waals surface area contributed by atoms with Crippen molar-refractivity contribution in [1.29, 1.82) is 5.41 Å². The Morgan fingerprint density at radius 2 is 2.41 bits per heavy atom. The van der Waals surface area contributed by atoms with Gasteiger partial charge in [-0.3, -0.25) is 10.4 Å². The number of nitrogen functional groups attached to an aromatic ring is 1. The summed E-state index contributed by atoms with van der Waals surface area (Å²) in [6.45, 7) is 3.49. The standard InChI is InChI=1S/C12H18N4O/c1-8-3-5-16(7-11(8)17)10-6-15-4-2-9(10)12(13)14/h2,4,6,8,11,17H,3,5,7H2,1H3,(H3,13,14). The van der Waals surface area contributed by atoms with Gasteiger partial charge in [0.15, 0.2) is 0 Å². The van der Waals surface area contributed by atoms with Crippen LogP contribution in [0.1, 0.15) is 18.9 Å². The molecule has 1 aromatic heterocycles. The topological polar surface area (TPSA) is 86.2 Å². The molecule has 0 bridgehead atoms. The van der Waals surface area contributed by atoms with Crippen LogP contribution in [-0.2, 0) is 0 Å². The van der Waals surface area contributed by atoms with Crippen LogP contribution in [0.3, 0.4) is 0 Å². The van der Waals surface area contributed by atoms with Gasteiger partial charge in [0.1, 0.15) is 5.84 Å². The first-order valence-corrected chi connectivity index (χ1v) is 5.81. The number of nitrogens with zero attached hydrogens (tertiary/aromatic N) is 2. The molecule has 4 N–H and O–H groups in total. The minimum Gasteiger partial charge on any atom is -0.391 e. The van der Waals surface area contributed by atoms with Crippen LogP contribution in [0.15, 0.2) is 18.5 Å². The third-order valence-electron chi connectivity index (χ3n) is 3.35. The van der Waals surface area contributed by atoms with Crippen molar-refractivity contribution in [3.63, 3.8) is 0 Å². The van der Waals surface area contributed by atoms with Crippen molar-refractivity contribution < 1.29 is 5.11 Å². The van der Waals surface area contributed by atoms with Gasteiger partial charge in [0.05, 0.1) is 18.0 Å². The maximum absolute atomic E-state index is 9.89. The fourth-order valence-electron chi connectivity index (χ4n) is 2.13. The van der Waals surface area contributed by atoms with Crippen LogP contribution in [0, 0.1) is 11.3 Å². The van der Waals surface area contributed by atoms with E-state index in [1.54, 1.807) is 18.5 Å². The Hall–Kier alpha value is -1.62. The molecule has 5 nitrogen and oxygen atoms in total. The number of aliphatic hydroxyl groups is 1. The van der Waals surface area contributed by atoms with Crippen LogP contribution >= 0.6 is 0 Å². The van der Waals surface area contributed by atoms with Gasteiger partial charge >= 0.3 is 0 Å². The second-order valence-electron chi connectivity index (χ2n) is 4.59. The highest BCUT2D eigenvalue weighted by Crippen LogP contribution is 2.25. The normalized spacial score (nSPS) is 24.7. The third-order valence-corrected chi connectivity index (χ3v) is 3.35. The minimum absolute atomic E-state index is 0.0375. The van der Waals surface area contributed by atoms with Crippen LogP contribution in [0.4, 0.5) is 5.69 Å². The molecule has 0 radical (unpaired) electrons. The number of amidine groups is 1. The van der Waals surface area contributed by atoms with Crippen molar-refractivity contribution in [2.45, 2.75) is 19.4 Å². The number of hydrogen-bond acceptors (Lipinski definition) is 4. The Morgan fingerprint density at radius 1 is 1.65 bits per heavy atom. The third kappa shape index (κ3) is 2.39. The summed E-state index contributed by atoms with van der Waals surface area (Å²) in [5.74, 6) is 0.360. The monoisotopic (exact) mass is 234 g/mol. The number of β-amino-alcohol motifs (C(OH)–C–C–N with tert-alkyl or cyclic N) is 1. The van der Waals surface area contributed by atoms with Crippen molar-refractivity contribution in [2.75, 3.05) is 18.0 Å². The molecule has 92 valence electrons. The van der Waals surface area contributed by atoms with Crippen LogP contribution < -0.4 is 10.6 Å². The summed E-state index contributed by atoms with van der Waals surface area (Å²) in [6.07, 6.45) is 3.94. The van der Waals surface area contributed by atoms with Gasteiger partial charge in [-0.1, -0.05) is 6.92 Å².